The van der Waals surface area contributed by atoms with E-state index in [4.69, 9.17) is 4.74 Å². The lowest BCUT2D eigenvalue weighted by Crippen LogP contribution is -2.26. The van der Waals surface area contributed by atoms with Crippen molar-refractivity contribution in [2.24, 2.45) is 0 Å². The molecular weight excluding hydrogens is 272 g/mol. The van der Waals surface area contributed by atoms with Gasteiger partial charge in [0.1, 0.15) is 5.75 Å². The summed E-state index contributed by atoms with van der Waals surface area (Å²) < 4.78 is 5.18. The van der Waals surface area contributed by atoms with E-state index in [9.17, 15) is 4.79 Å². The Morgan fingerprint density at radius 1 is 1.35 bits per heavy atom. The van der Waals surface area contributed by atoms with Crippen LogP contribution in [0.5, 0.6) is 5.75 Å². The van der Waals surface area contributed by atoms with Gasteiger partial charge in [-0.2, -0.15) is 0 Å². The van der Waals surface area contributed by atoms with E-state index >= 15 is 0 Å². The highest BCUT2D eigenvalue weighted by atomic mass is 32.1. The van der Waals surface area contributed by atoms with E-state index in [1.807, 2.05) is 26.0 Å². The number of methoxy groups -OCH3 is 1. The summed E-state index contributed by atoms with van der Waals surface area (Å²) in [6, 6.07) is 7.22. The van der Waals surface area contributed by atoms with Gasteiger partial charge in [0, 0.05) is 17.8 Å². The van der Waals surface area contributed by atoms with Crippen LogP contribution in [0.15, 0.2) is 24.3 Å². The number of ether oxygens (including phenoxy) is 1. The van der Waals surface area contributed by atoms with Crippen molar-refractivity contribution in [3.05, 3.63) is 45.4 Å². The van der Waals surface area contributed by atoms with Crippen LogP contribution in [-0.4, -0.2) is 24.5 Å². The number of benzene rings is 1. The molecule has 0 bridgehead atoms. The zero-order chi connectivity index (χ0) is 14.5. The van der Waals surface area contributed by atoms with Crippen LogP contribution in [0.3, 0.4) is 0 Å². The molecular formula is C15H18N2O2S. The second-order valence-corrected chi connectivity index (χ2v) is 5.74. The molecule has 0 saturated heterocycles. The molecule has 0 aliphatic carbocycles. The molecule has 106 valence electrons. The first-order chi connectivity index (χ1) is 9.61. The molecule has 0 radical (unpaired) electrons. The molecule has 0 aliphatic rings. The number of para-hydroxylation sites is 1. The number of amides is 1. The summed E-state index contributed by atoms with van der Waals surface area (Å²) >= 11 is 1.68. The van der Waals surface area contributed by atoms with E-state index in [0.717, 1.165) is 17.1 Å². The number of nitrogens with zero attached hydrogens (tertiary/aromatic N) is 1. The van der Waals surface area contributed by atoms with Crippen molar-refractivity contribution >= 4 is 17.2 Å². The molecule has 0 aliphatic heterocycles. The maximum atomic E-state index is 12.1. The highest BCUT2D eigenvalue weighted by Gasteiger charge is 2.11. The Labute approximate surface area is 122 Å². The minimum atomic E-state index is -0.110. The monoisotopic (exact) mass is 290 g/mol. The van der Waals surface area contributed by atoms with E-state index in [2.05, 4.69) is 10.3 Å². The lowest BCUT2D eigenvalue weighted by atomic mass is 10.2. The topological polar surface area (TPSA) is 51.2 Å². The van der Waals surface area contributed by atoms with Crippen molar-refractivity contribution in [2.45, 2.75) is 20.3 Å². The molecule has 20 heavy (non-hydrogen) atoms. The summed E-state index contributed by atoms with van der Waals surface area (Å²) in [4.78, 5) is 17.7. The molecule has 0 unspecified atom stereocenters. The summed E-state index contributed by atoms with van der Waals surface area (Å²) in [6.45, 7) is 4.59. The third kappa shape index (κ3) is 3.36. The van der Waals surface area contributed by atoms with Crippen LogP contribution in [0.2, 0.25) is 0 Å². The summed E-state index contributed by atoms with van der Waals surface area (Å²) in [5.74, 6) is 0.483. The van der Waals surface area contributed by atoms with Crippen LogP contribution in [0.1, 0.15) is 25.9 Å². The van der Waals surface area contributed by atoms with Crippen molar-refractivity contribution in [1.82, 2.24) is 10.3 Å². The zero-order valence-corrected chi connectivity index (χ0v) is 12.7. The lowest BCUT2D eigenvalue weighted by Gasteiger charge is -2.08. The Kier molecular flexibility index (Phi) is 4.74. The number of thiazole rings is 1. The van der Waals surface area contributed by atoms with Crippen LogP contribution >= 0.6 is 11.3 Å². The molecule has 1 aromatic carbocycles. The quantitative estimate of drug-likeness (QED) is 0.921. The molecule has 1 aromatic heterocycles. The third-order valence-corrected chi connectivity index (χ3v) is 4.12. The van der Waals surface area contributed by atoms with Gasteiger partial charge in [-0.15, -0.1) is 11.3 Å². The normalized spacial score (nSPS) is 10.3. The van der Waals surface area contributed by atoms with Gasteiger partial charge in [-0.1, -0.05) is 12.1 Å². The maximum absolute atomic E-state index is 12.1. The first kappa shape index (κ1) is 14.5. The molecule has 1 N–H and O–H groups in total. The van der Waals surface area contributed by atoms with Gasteiger partial charge >= 0.3 is 0 Å². The predicted molar refractivity (Wildman–Crippen MR) is 80.6 cm³/mol. The number of aromatic nitrogens is 1. The number of aryl methyl sites for hydroxylation is 2. The van der Waals surface area contributed by atoms with Crippen molar-refractivity contribution in [3.8, 4) is 5.75 Å². The third-order valence-electron chi connectivity index (χ3n) is 2.99. The first-order valence-corrected chi connectivity index (χ1v) is 7.27. The minimum absolute atomic E-state index is 0.110. The Hall–Kier alpha value is -1.88. The number of rotatable bonds is 5. The van der Waals surface area contributed by atoms with Crippen LogP contribution in [-0.2, 0) is 6.42 Å². The molecule has 1 amide bonds. The fourth-order valence-electron chi connectivity index (χ4n) is 2.02. The lowest BCUT2D eigenvalue weighted by molar-refractivity contribution is 0.0951. The molecule has 1 heterocycles. The Morgan fingerprint density at radius 2 is 2.10 bits per heavy atom. The van der Waals surface area contributed by atoms with Gasteiger partial charge in [0.2, 0.25) is 0 Å². The van der Waals surface area contributed by atoms with Crippen LogP contribution in [0.25, 0.3) is 0 Å². The van der Waals surface area contributed by atoms with Gasteiger partial charge < -0.3 is 10.1 Å². The summed E-state index contributed by atoms with van der Waals surface area (Å²) in [5, 5.41) is 3.98. The number of nitrogens with one attached hydrogen (secondary N) is 1. The predicted octanol–water partition coefficient (Wildman–Crippen LogP) is 2.74. The Morgan fingerprint density at radius 3 is 2.75 bits per heavy atom. The first-order valence-electron chi connectivity index (χ1n) is 6.46. The van der Waals surface area contributed by atoms with E-state index in [-0.39, 0.29) is 5.91 Å². The van der Waals surface area contributed by atoms with Gasteiger partial charge in [0.05, 0.1) is 23.4 Å². The van der Waals surface area contributed by atoms with Gasteiger partial charge in [0.25, 0.3) is 5.91 Å². The van der Waals surface area contributed by atoms with E-state index < -0.39 is 0 Å². The van der Waals surface area contributed by atoms with E-state index in [0.29, 0.717) is 17.9 Å². The van der Waals surface area contributed by atoms with E-state index in [1.165, 1.54) is 4.88 Å². The summed E-state index contributed by atoms with van der Waals surface area (Å²) in [5.41, 5.74) is 1.62. The molecule has 2 rings (SSSR count). The smallest absolute Gasteiger partial charge is 0.255 e. The molecule has 0 fully saturated rings. The number of carbonyl (C=O) groups excluding carboxylic acids is 1. The van der Waals surface area contributed by atoms with Crippen molar-refractivity contribution in [1.29, 1.82) is 0 Å². The average Bonchev–Trinajstić information content (AvgIpc) is 2.77. The molecule has 0 spiro atoms. The van der Waals surface area contributed by atoms with Gasteiger partial charge in [-0.3, -0.25) is 4.79 Å². The molecule has 4 nitrogen and oxygen atoms in total. The van der Waals surface area contributed by atoms with Crippen molar-refractivity contribution in [2.75, 3.05) is 13.7 Å². The highest BCUT2D eigenvalue weighted by Crippen LogP contribution is 2.18. The molecule has 2 aromatic rings. The average molecular weight is 290 g/mol. The highest BCUT2D eigenvalue weighted by molar-refractivity contribution is 7.11. The molecule has 0 atom stereocenters. The van der Waals surface area contributed by atoms with Gasteiger partial charge in [-0.05, 0) is 26.0 Å². The molecule has 0 saturated carbocycles. The van der Waals surface area contributed by atoms with Crippen molar-refractivity contribution < 1.29 is 9.53 Å². The van der Waals surface area contributed by atoms with Crippen LogP contribution in [0.4, 0.5) is 0 Å². The zero-order valence-electron chi connectivity index (χ0n) is 11.9. The Bertz CT molecular complexity index is 608. The SMILES string of the molecule is COc1ccccc1C(=O)NCCc1sc(C)nc1C. The second kappa shape index (κ2) is 6.52. The van der Waals surface area contributed by atoms with Crippen LogP contribution < -0.4 is 10.1 Å². The molecule has 5 heteroatoms. The second-order valence-electron chi connectivity index (χ2n) is 4.45. The number of hydrogen-bond acceptors (Lipinski definition) is 4. The fraction of sp³-hybridized carbons (Fsp3) is 0.333. The van der Waals surface area contributed by atoms with Gasteiger partial charge in [-0.25, -0.2) is 4.98 Å². The number of hydrogen-bond donors (Lipinski definition) is 1. The maximum Gasteiger partial charge on any atom is 0.255 e. The van der Waals surface area contributed by atoms with Crippen LogP contribution in [0, 0.1) is 13.8 Å². The standard InChI is InChI=1S/C15H18N2O2S/c1-10-14(20-11(2)17-10)8-9-16-15(18)12-6-4-5-7-13(12)19-3/h4-7H,8-9H2,1-3H3,(H,16,18). The summed E-state index contributed by atoms with van der Waals surface area (Å²) in [7, 11) is 1.57. The van der Waals surface area contributed by atoms with Crippen molar-refractivity contribution in [3.63, 3.8) is 0 Å². The summed E-state index contributed by atoms with van der Waals surface area (Å²) in [6.07, 6.45) is 0.804. The van der Waals surface area contributed by atoms with E-state index in [1.54, 1.807) is 30.6 Å². The van der Waals surface area contributed by atoms with Gasteiger partial charge in [0.15, 0.2) is 0 Å². The largest absolute Gasteiger partial charge is 0.496 e. The number of carbonyl (C=O) groups is 1. The fourth-order valence-corrected chi connectivity index (χ4v) is 2.96. The minimum Gasteiger partial charge on any atom is -0.496 e. The Balaban J connectivity index is 1.94.